The van der Waals surface area contributed by atoms with Crippen molar-refractivity contribution < 1.29 is 31.4 Å². The summed E-state index contributed by atoms with van der Waals surface area (Å²) in [5.41, 5.74) is -2.19. The largest absolute Gasteiger partial charge is 0.416 e. The Morgan fingerprint density at radius 2 is 1.45 bits per heavy atom. The zero-order valence-corrected chi connectivity index (χ0v) is 18.1. The summed E-state index contributed by atoms with van der Waals surface area (Å²) in [4.78, 5) is 0. The van der Waals surface area contributed by atoms with Crippen LogP contribution in [0.2, 0.25) is 0 Å². The molecule has 0 aromatic heterocycles. The first-order chi connectivity index (χ1) is 13.4. The predicted octanol–water partition coefficient (Wildman–Crippen LogP) is 6.98. The van der Waals surface area contributed by atoms with Crippen LogP contribution in [0.25, 0.3) is 0 Å². The minimum atomic E-state index is -4.94. The summed E-state index contributed by atoms with van der Waals surface area (Å²) in [6.07, 6.45) is -7.56. The molecule has 0 fully saturated rings. The molecular formula is C20H26BrF6NO. The van der Waals surface area contributed by atoms with Gasteiger partial charge in [0, 0.05) is 12.6 Å². The molecule has 1 aromatic carbocycles. The monoisotopic (exact) mass is 489 g/mol. The van der Waals surface area contributed by atoms with E-state index in [2.05, 4.69) is 21.2 Å². The fourth-order valence-electron chi connectivity index (χ4n) is 2.95. The number of hydrogen-bond acceptors (Lipinski definition) is 2. The Balaban J connectivity index is 0.00000204. The molecule has 9 heteroatoms. The molecule has 0 saturated heterocycles. The number of alkyl halides is 6. The van der Waals surface area contributed by atoms with Crippen molar-refractivity contribution in [3.05, 3.63) is 44.9 Å². The van der Waals surface area contributed by atoms with E-state index in [9.17, 15) is 31.4 Å². The summed E-state index contributed by atoms with van der Waals surface area (Å²) >= 11 is 3.48. The van der Waals surface area contributed by atoms with Crippen LogP contribution < -0.4 is 5.32 Å². The van der Waals surface area contributed by atoms with Gasteiger partial charge < -0.3 is 10.4 Å². The minimum absolute atomic E-state index is 0.0538. The average Bonchev–Trinajstić information content (AvgIpc) is 2.66. The van der Waals surface area contributed by atoms with Crippen LogP contribution in [0.4, 0.5) is 26.3 Å². The molecule has 0 aliphatic heterocycles. The van der Waals surface area contributed by atoms with Gasteiger partial charge in [0.2, 0.25) is 0 Å². The molecule has 2 N–H and O–H groups in total. The summed E-state index contributed by atoms with van der Waals surface area (Å²) < 4.78 is 78.8. The molecule has 0 saturated carbocycles. The minimum Gasteiger partial charge on any atom is -0.387 e. The number of rotatable bonds is 5. The predicted molar refractivity (Wildman–Crippen MR) is 105 cm³/mol. The third-order valence-electron chi connectivity index (χ3n) is 4.57. The van der Waals surface area contributed by atoms with E-state index < -0.39 is 41.2 Å². The molecule has 0 amide bonds. The first-order valence-corrected chi connectivity index (χ1v) is 10.3. The van der Waals surface area contributed by atoms with E-state index in [1.165, 1.54) is 6.92 Å². The second-order valence-electron chi connectivity index (χ2n) is 6.67. The fraction of sp³-hybridized carbons (Fsp3) is 0.600. The maximum Gasteiger partial charge on any atom is 0.416 e. The summed E-state index contributed by atoms with van der Waals surface area (Å²) in [6.45, 7) is 5.93. The van der Waals surface area contributed by atoms with Gasteiger partial charge in [-0.3, -0.25) is 0 Å². The number of allylic oxidation sites excluding steroid dienone is 1. The number of aliphatic hydroxyl groups is 1. The van der Waals surface area contributed by atoms with E-state index in [1.807, 2.05) is 13.8 Å². The Labute approximate surface area is 175 Å². The Bertz CT molecular complexity index is 667. The van der Waals surface area contributed by atoms with Crippen LogP contribution in [-0.4, -0.2) is 17.7 Å². The van der Waals surface area contributed by atoms with Crippen molar-refractivity contribution in [3.63, 3.8) is 0 Å². The lowest BCUT2D eigenvalue weighted by atomic mass is 9.96. The molecule has 2 nitrogen and oxygen atoms in total. The normalized spacial score (nSPS) is 17.5. The smallest absolute Gasteiger partial charge is 0.387 e. The molecule has 1 aliphatic carbocycles. The number of benzene rings is 1. The van der Waals surface area contributed by atoms with Crippen LogP contribution >= 0.6 is 15.9 Å². The first-order valence-electron chi connectivity index (χ1n) is 9.47. The van der Waals surface area contributed by atoms with Crippen LogP contribution in [0.5, 0.6) is 0 Å². The Hall–Kier alpha value is -1.06. The third-order valence-corrected chi connectivity index (χ3v) is 5.53. The lowest BCUT2D eigenvalue weighted by Crippen LogP contribution is -2.34. The van der Waals surface area contributed by atoms with Gasteiger partial charge in [-0.05, 0) is 66.4 Å². The van der Waals surface area contributed by atoms with Gasteiger partial charge >= 0.3 is 12.4 Å². The van der Waals surface area contributed by atoms with Crippen LogP contribution in [0.3, 0.4) is 0 Å². The quantitative estimate of drug-likeness (QED) is 0.437. The van der Waals surface area contributed by atoms with E-state index in [0.29, 0.717) is 18.7 Å². The van der Waals surface area contributed by atoms with Gasteiger partial charge in [-0.25, -0.2) is 0 Å². The van der Waals surface area contributed by atoms with Crippen molar-refractivity contribution in [2.24, 2.45) is 0 Å². The third kappa shape index (κ3) is 7.61. The summed E-state index contributed by atoms with van der Waals surface area (Å²) in [7, 11) is 0. The zero-order valence-electron chi connectivity index (χ0n) is 16.5. The molecule has 1 aromatic rings. The van der Waals surface area contributed by atoms with Crippen LogP contribution in [0.1, 0.15) is 69.2 Å². The molecule has 166 valence electrons. The van der Waals surface area contributed by atoms with E-state index in [1.54, 1.807) is 0 Å². The molecule has 2 atom stereocenters. The highest BCUT2D eigenvalue weighted by Crippen LogP contribution is 2.38. The van der Waals surface area contributed by atoms with Crippen LogP contribution in [-0.2, 0) is 12.4 Å². The summed E-state index contributed by atoms with van der Waals surface area (Å²) in [6, 6.07) is 0.448. The molecule has 0 spiro atoms. The van der Waals surface area contributed by atoms with E-state index >= 15 is 0 Å². The number of hydrogen-bond donors (Lipinski definition) is 2. The second kappa shape index (κ2) is 10.8. The molecule has 0 radical (unpaired) electrons. The molecule has 2 rings (SSSR count). The van der Waals surface area contributed by atoms with Gasteiger partial charge in [-0.1, -0.05) is 29.8 Å². The Morgan fingerprint density at radius 3 is 1.90 bits per heavy atom. The Morgan fingerprint density at radius 1 is 0.966 bits per heavy atom. The van der Waals surface area contributed by atoms with Gasteiger partial charge in [0.15, 0.2) is 0 Å². The topological polar surface area (TPSA) is 32.3 Å². The maximum absolute atomic E-state index is 13.0. The average molecular weight is 490 g/mol. The molecule has 1 aliphatic rings. The first kappa shape index (κ1) is 26.0. The van der Waals surface area contributed by atoms with Crippen molar-refractivity contribution in [1.29, 1.82) is 0 Å². The van der Waals surface area contributed by atoms with Gasteiger partial charge in [-0.15, -0.1) is 0 Å². The van der Waals surface area contributed by atoms with Crippen LogP contribution in [0, 0.1) is 0 Å². The fourth-order valence-corrected chi connectivity index (χ4v) is 3.57. The molecule has 0 heterocycles. The van der Waals surface area contributed by atoms with Gasteiger partial charge in [0.1, 0.15) is 0 Å². The van der Waals surface area contributed by atoms with E-state index in [-0.39, 0.29) is 6.07 Å². The van der Waals surface area contributed by atoms with Crippen molar-refractivity contribution in [2.45, 2.75) is 71.0 Å². The van der Waals surface area contributed by atoms with Crippen molar-refractivity contribution >= 4 is 15.9 Å². The van der Waals surface area contributed by atoms with Crippen LogP contribution in [0.15, 0.2) is 28.3 Å². The summed E-state index contributed by atoms with van der Waals surface area (Å²) in [5.74, 6) is 0. The highest BCUT2D eigenvalue weighted by atomic mass is 79.9. The molecule has 0 bridgehead atoms. The highest BCUT2D eigenvalue weighted by Gasteiger charge is 2.37. The molecular weight excluding hydrogens is 464 g/mol. The standard InChI is InChI=1S/C18H20BrF6NO.C2H6/c1-10(26-9-11-4-2-3-5-15(11)19)16(27)12-6-13(17(20,21)22)8-14(7-12)18(23,24)25;1-2/h6-8,10,16,26-27H,2-5,9H2,1H3;1-2H3. The molecule has 2 unspecified atom stereocenters. The number of nitrogens with one attached hydrogen (secondary N) is 1. The molecule has 29 heavy (non-hydrogen) atoms. The van der Waals surface area contributed by atoms with Gasteiger partial charge in [0.05, 0.1) is 17.2 Å². The summed E-state index contributed by atoms with van der Waals surface area (Å²) in [5, 5.41) is 13.3. The number of halogens is 7. The van der Waals surface area contributed by atoms with E-state index in [0.717, 1.165) is 35.7 Å². The van der Waals surface area contributed by atoms with E-state index in [4.69, 9.17) is 0 Å². The van der Waals surface area contributed by atoms with Crippen molar-refractivity contribution in [2.75, 3.05) is 6.54 Å². The number of aliphatic hydroxyl groups excluding tert-OH is 1. The lowest BCUT2D eigenvalue weighted by molar-refractivity contribution is -0.143. The van der Waals surface area contributed by atoms with Gasteiger partial charge in [0.25, 0.3) is 0 Å². The van der Waals surface area contributed by atoms with Gasteiger partial charge in [-0.2, -0.15) is 26.3 Å². The second-order valence-corrected chi connectivity index (χ2v) is 7.63. The highest BCUT2D eigenvalue weighted by molar-refractivity contribution is 9.11. The maximum atomic E-state index is 13.0. The Kier molecular flexibility index (Phi) is 9.69. The SMILES string of the molecule is CC.CC(NCC1=C(Br)CCCC1)C(O)c1cc(C(F)(F)F)cc(C(F)(F)F)c1. The van der Waals surface area contributed by atoms with Crippen molar-refractivity contribution in [1.82, 2.24) is 5.32 Å². The zero-order chi connectivity index (χ0) is 22.4. The lowest BCUT2D eigenvalue weighted by Gasteiger charge is -2.25. The van der Waals surface area contributed by atoms with Crippen molar-refractivity contribution in [3.8, 4) is 0 Å².